The van der Waals surface area contributed by atoms with Gasteiger partial charge in [0.05, 0.1) is 37.4 Å². The standard InChI is InChI=1S/C28H40O7Si/c1-8-36(9-2,10-3)35-22-17-11-13-18(22)23-27(25(30)31-6,20(29)14-12-17)24-21(26(4,5)32-7)19-15-16-33-28(19,23)34-24/h11-15,17-18,21-24H,8-10,16H2,1-7H3/b14-12-/t17?,18-,21+,22+,23-,24+,27-,28-/m1/s1. The summed E-state index contributed by atoms with van der Waals surface area (Å²) in [6.45, 7) is 10.9. The van der Waals surface area contributed by atoms with Crippen LogP contribution in [-0.2, 0) is 33.0 Å². The van der Waals surface area contributed by atoms with Gasteiger partial charge in [0, 0.05) is 24.9 Å². The Balaban J connectivity index is 1.72. The van der Waals surface area contributed by atoms with Crippen LogP contribution < -0.4 is 0 Å². The summed E-state index contributed by atoms with van der Waals surface area (Å²) in [7, 11) is 0.991. The number of esters is 1. The van der Waals surface area contributed by atoms with Crippen LogP contribution in [0, 0.1) is 29.1 Å². The summed E-state index contributed by atoms with van der Waals surface area (Å²) in [4.78, 5) is 28.0. The van der Waals surface area contributed by atoms with Crippen molar-refractivity contribution in [2.75, 3.05) is 20.8 Å². The number of carbonyl (C=O) groups is 2. The summed E-state index contributed by atoms with van der Waals surface area (Å²) in [6, 6.07) is 3.05. The van der Waals surface area contributed by atoms with Gasteiger partial charge < -0.3 is 23.4 Å². The Labute approximate surface area is 215 Å². The van der Waals surface area contributed by atoms with Gasteiger partial charge in [0.2, 0.25) is 0 Å². The fourth-order valence-corrected chi connectivity index (χ4v) is 10.6. The average Bonchev–Trinajstić information content (AvgIpc) is 3.62. The van der Waals surface area contributed by atoms with Crippen LogP contribution >= 0.6 is 0 Å². The van der Waals surface area contributed by atoms with Gasteiger partial charge in [-0.2, -0.15) is 0 Å². The maximum absolute atomic E-state index is 14.1. The van der Waals surface area contributed by atoms with E-state index in [-0.39, 0.29) is 29.6 Å². The Morgan fingerprint density at radius 2 is 1.83 bits per heavy atom. The van der Waals surface area contributed by atoms with Crippen molar-refractivity contribution in [2.45, 2.75) is 76.3 Å². The van der Waals surface area contributed by atoms with Gasteiger partial charge in [-0.1, -0.05) is 45.1 Å². The number of rotatable bonds is 8. The van der Waals surface area contributed by atoms with Gasteiger partial charge in [-0.05, 0) is 43.6 Å². The molecule has 0 saturated carbocycles. The predicted molar refractivity (Wildman–Crippen MR) is 136 cm³/mol. The highest BCUT2D eigenvalue weighted by Crippen LogP contribution is 2.70. The van der Waals surface area contributed by atoms with Crippen LogP contribution in [0.5, 0.6) is 0 Å². The second-order valence-corrected chi connectivity index (χ2v) is 16.1. The average molecular weight is 517 g/mol. The molecule has 2 fully saturated rings. The molecule has 0 radical (unpaired) electrons. The molecule has 36 heavy (non-hydrogen) atoms. The van der Waals surface area contributed by atoms with Crippen molar-refractivity contribution in [3.05, 3.63) is 36.0 Å². The fraction of sp³-hybridized carbons (Fsp3) is 0.714. The Morgan fingerprint density at radius 3 is 2.44 bits per heavy atom. The van der Waals surface area contributed by atoms with Crippen LogP contribution in [0.4, 0.5) is 0 Å². The Hall–Kier alpha value is -1.58. The number of ketones is 1. The lowest BCUT2D eigenvalue weighted by atomic mass is 9.52. The van der Waals surface area contributed by atoms with Gasteiger partial charge in [0.1, 0.15) is 0 Å². The van der Waals surface area contributed by atoms with Crippen molar-refractivity contribution < 1.29 is 33.0 Å². The smallest absolute Gasteiger partial charge is 0.322 e. The summed E-state index contributed by atoms with van der Waals surface area (Å²) >= 11 is 0. The Morgan fingerprint density at radius 1 is 1.14 bits per heavy atom. The predicted octanol–water partition coefficient (Wildman–Crippen LogP) is 4.20. The molecule has 2 saturated heterocycles. The van der Waals surface area contributed by atoms with Crippen molar-refractivity contribution in [2.24, 2.45) is 29.1 Å². The molecule has 5 rings (SSSR count). The minimum absolute atomic E-state index is 0.0401. The number of fused-ring (bicyclic) bond motifs is 6. The molecule has 0 aromatic rings. The second-order valence-electron chi connectivity index (χ2n) is 11.4. The molecule has 1 unspecified atom stereocenters. The first-order valence-corrected chi connectivity index (χ1v) is 15.9. The number of hydrogen-bond acceptors (Lipinski definition) is 7. The zero-order chi connectivity index (χ0) is 26.1. The molecule has 198 valence electrons. The quantitative estimate of drug-likeness (QED) is 0.207. The van der Waals surface area contributed by atoms with Crippen molar-refractivity contribution in [1.82, 2.24) is 0 Å². The largest absolute Gasteiger partial charge is 0.468 e. The molecule has 4 bridgehead atoms. The van der Waals surface area contributed by atoms with E-state index in [1.807, 2.05) is 19.9 Å². The lowest BCUT2D eigenvalue weighted by molar-refractivity contribution is -0.193. The normalized spacial score (nSPS) is 41.5. The van der Waals surface area contributed by atoms with Gasteiger partial charge in [-0.3, -0.25) is 9.59 Å². The molecule has 5 aliphatic rings. The Kier molecular flexibility index (Phi) is 6.32. The van der Waals surface area contributed by atoms with Crippen LogP contribution in [0.1, 0.15) is 34.6 Å². The van der Waals surface area contributed by atoms with E-state index in [9.17, 15) is 9.59 Å². The van der Waals surface area contributed by atoms with Crippen molar-refractivity contribution in [3.8, 4) is 0 Å². The van der Waals surface area contributed by atoms with Gasteiger partial charge in [0.25, 0.3) is 0 Å². The van der Waals surface area contributed by atoms with E-state index >= 15 is 0 Å². The van der Waals surface area contributed by atoms with Crippen molar-refractivity contribution in [3.63, 3.8) is 0 Å². The number of methoxy groups -OCH3 is 2. The minimum Gasteiger partial charge on any atom is -0.468 e. The van der Waals surface area contributed by atoms with E-state index in [1.165, 1.54) is 7.11 Å². The molecule has 2 aliphatic carbocycles. The SMILES string of the molecule is CC[Si](CC)(CC)O[C@H]1C2C=C[C@H]1[C@H]1[C@@]34OCC=C3[C@H](C(C)(C)OC)[C@H](O4)[C@@]1(C(=O)OC)C(=O)/C=C\2. The lowest BCUT2D eigenvalue weighted by Crippen LogP contribution is -2.64. The molecule has 0 N–H and O–H groups in total. The van der Waals surface area contributed by atoms with Gasteiger partial charge in [-0.15, -0.1) is 0 Å². The van der Waals surface area contributed by atoms with Crippen molar-refractivity contribution in [1.29, 1.82) is 0 Å². The fourth-order valence-electron chi connectivity index (χ4n) is 7.74. The van der Waals surface area contributed by atoms with Crippen LogP contribution in [0.3, 0.4) is 0 Å². The molecule has 8 atom stereocenters. The highest BCUT2D eigenvalue weighted by atomic mass is 28.4. The summed E-state index contributed by atoms with van der Waals surface area (Å²) in [5.74, 6) is -3.26. The van der Waals surface area contributed by atoms with Gasteiger partial charge >= 0.3 is 5.97 Å². The van der Waals surface area contributed by atoms with E-state index in [0.29, 0.717) is 6.61 Å². The first-order chi connectivity index (χ1) is 17.1. The third-order valence-corrected chi connectivity index (χ3v) is 14.6. The molecule has 7 nitrogen and oxygen atoms in total. The van der Waals surface area contributed by atoms with Crippen LogP contribution in [0.2, 0.25) is 18.1 Å². The van der Waals surface area contributed by atoms with Crippen molar-refractivity contribution >= 4 is 20.1 Å². The summed E-state index contributed by atoms with van der Waals surface area (Å²) < 4.78 is 31.6. The summed E-state index contributed by atoms with van der Waals surface area (Å²) in [5, 5.41) is 0. The molecule has 0 aromatic carbocycles. The van der Waals surface area contributed by atoms with Crippen LogP contribution in [-0.4, -0.2) is 64.5 Å². The van der Waals surface area contributed by atoms with Crippen LogP contribution in [0.15, 0.2) is 36.0 Å². The number of hydrogen-bond donors (Lipinski definition) is 0. The highest BCUT2D eigenvalue weighted by molar-refractivity contribution is 6.73. The van der Waals surface area contributed by atoms with E-state index in [2.05, 4.69) is 39.0 Å². The summed E-state index contributed by atoms with van der Waals surface area (Å²) in [5.41, 5.74) is -1.28. The summed E-state index contributed by atoms with van der Waals surface area (Å²) in [6.07, 6.45) is 8.84. The molecular weight excluding hydrogens is 476 g/mol. The third kappa shape index (κ3) is 3.11. The van der Waals surface area contributed by atoms with Crippen LogP contribution in [0.25, 0.3) is 0 Å². The van der Waals surface area contributed by atoms with Gasteiger partial charge in [-0.25, -0.2) is 0 Å². The third-order valence-electron chi connectivity index (χ3n) is 9.99. The minimum atomic E-state index is -2.01. The number of allylic oxidation sites excluding steroid dienone is 1. The highest BCUT2D eigenvalue weighted by Gasteiger charge is 2.83. The molecular formula is C28H40O7Si. The molecule has 8 heteroatoms. The number of ether oxygens (including phenoxy) is 4. The first-order valence-electron chi connectivity index (χ1n) is 13.4. The zero-order valence-electron chi connectivity index (χ0n) is 22.5. The lowest BCUT2D eigenvalue weighted by Gasteiger charge is -2.51. The van der Waals surface area contributed by atoms with E-state index < -0.39 is 43.1 Å². The molecule has 1 spiro atoms. The Bertz CT molecular complexity index is 1020. The van der Waals surface area contributed by atoms with E-state index in [4.69, 9.17) is 23.4 Å². The molecule has 3 heterocycles. The van der Waals surface area contributed by atoms with E-state index in [0.717, 1.165) is 23.7 Å². The number of carbonyl (C=O) groups excluding carboxylic acids is 2. The maximum Gasteiger partial charge on any atom is 0.322 e. The molecule has 3 aliphatic heterocycles. The molecule has 0 aromatic heterocycles. The maximum atomic E-state index is 14.1. The van der Waals surface area contributed by atoms with E-state index in [1.54, 1.807) is 13.2 Å². The zero-order valence-corrected chi connectivity index (χ0v) is 23.5. The molecule has 0 amide bonds. The second kappa shape index (κ2) is 8.73. The monoisotopic (exact) mass is 516 g/mol. The first kappa shape index (κ1) is 26.0. The van der Waals surface area contributed by atoms with Gasteiger partial charge in [0.15, 0.2) is 25.3 Å². The topological polar surface area (TPSA) is 80.3 Å².